The van der Waals surface area contributed by atoms with Crippen LogP contribution in [0.25, 0.3) is 0 Å². The minimum Gasteiger partial charge on any atom is -0.493 e. The van der Waals surface area contributed by atoms with Gasteiger partial charge < -0.3 is 24.6 Å². The van der Waals surface area contributed by atoms with Crippen molar-refractivity contribution in [2.45, 2.75) is 56.4 Å². The topological polar surface area (TPSA) is 77.0 Å². The molecule has 4 rings (SSSR count). The molecule has 0 bridgehead atoms. The van der Waals surface area contributed by atoms with Gasteiger partial charge in [-0.25, -0.2) is 4.79 Å². The highest BCUT2D eigenvalue weighted by Crippen LogP contribution is 2.57. The van der Waals surface area contributed by atoms with Crippen LogP contribution in [-0.2, 0) is 21.4 Å². The number of anilines is 1. The number of fused-ring (bicyclic) bond motifs is 2. The number of hydrogen-bond acceptors (Lipinski definition) is 6. The molecule has 0 amide bonds. The van der Waals surface area contributed by atoms with Crippen LogP contribution in [0.2, 0.25) is 5.02 Å². The van der Waals surface area contributed by atoms with Crippen molar-refractivity contribution >= 4 is 23.3 Å². The van der Waals surface area contributed by atoms with Crippen LogP contribution in [0.5, 0.6) is 11.5 Å². The predicted octanol–water partition coefficient (Wildman–Crippen LogP) is 5.38. The van der Waals surface area contributed by atoms with Gasteiger partial charge in [0.25, 0.3) is 0 Å². The number of carbonyl (C=O) groups is 1. The number of hydrogen-bond donors (Lipinski definition) is 2. The van der Waals surface area contributed by atoms with E-state index in [-0.39, 0.29) is 23.9 Å². The van der Waals surface area contributed by atoms with Crippen LogP contribution in [0.3, 0.4) is 0 Å². The second kappa shape index (κ2) is 10.3. The summed E-state index contributed by atoms with van der Waals surface area (Å²) in [6.07, 6.45) is 4.74. The van der Waals surface area contributed by atoms with E-state index in [0.717, 1.165) is 42.9 Å². The van der Waals surface area contributed by atoms with Crippen molar-refractivity contribution in [2.24, 2.45) is 11.8 Å². The molecule has 0 saturated heterocycles. The molecule has 2 aliphatic carbocycles. The Morgan fingerprint density at radius 3 is 2.40 bits per heavy atom. The summed E-state index contributed by atoms with van der Waals surface area (Å²) in [5.74, 6) is 1.77. The minimum absolute atomic E-state index is 0.105. The number of benzene rings is 2. The molecule has 190 valence electrons. The zero-order valence-electron chi connectivity index (χ0n) is 21.0. The van der Waals surface area contributed by atoms with E-state index in [1.807, 2.05) is 24.3 Å². The van der Waals surface area contributed by atoms with E-state index < -0.39 is 5.54 Å². The Kier molecular flexibility index (Phi) is 7.53. The van der Waals surface area contributed by atoms with Gasteiger partial charge in [0.1, 0.15) is 5.54 Å². The minimum atomic E-state index is -0.822. The van der Waals surface area contributed by atoms with Gasteiger partial charge in [-0.05, 0) is 97.2 Å². The third-order valence-corrected chi connectivity index (χ3v) is 8.41. The summed E-state index contributed by atoms with van der Waals surface area (Å²) in [5.41, 5.74) is 2.43. The van der Waals surface area contributed by atoms with Gasteiger partial charge in [-0.3, -0.25) is 0 Å². The van der Waals surface area contributed by atoms with Gasteiger partial charge in [0, 0.05) is 17.3 Å². The van der Waals surface area contributed by atoms with Crippen LogP contribution in [0, 0.1) is 11.8 Å². The van der Waals surface area contributed by atoms with Gasteiger partial charge in [0.05, 0.1) is 21.3 Å². The Morgan fingerprint density at radius 1 is 1.11 bits per heavy atom. The Labute approximate surface area is 212 Å². The van der Waals surface area contributed by atoms with Crippen molar-refractivity contribution in [3.8, 4) is 11.5 Å². The lowest BCUT2D eigenvalue weighted by molar-refractivity contribution is -0.148. The van der Waals surface area contributed by atoms with Crippen molar-refractivity contribution in [3.63, 3.8) is 0 Å². The number of methoxy groups -OCH3 is 3. The zero-order valence-corrected chi connectivity index (χ0v) is 21.8. The van der Waals surface area contributed by atoms with E-state index in [4.69, 9.17) is 25.8 Å². The van der Waals surface area contributed by atoms with Gasteiger partial charge >= 0.3 is 5.97 Å². The molecule has 6 nitrogen and oxygen atoms in total. The molecule has 35 heavy (non-hydrogen) atoms. The Bertz CT molecular complexity index is 1060. The fourth-order valence-electron chi connectivity index (χ4n) is 6.32. The first kappa shape index (κ1) is 25.6. The smallest absolute Gasteiger partial charge is 0.331 e. The second-order valence-corrected chi connectivity index (χ2v) is 10.6. The summed E-state index contributed by atoms with van der Waals surface area (Å²) in [7, 11) is 4.77. The van der Waals surface area contributed by atoms with Crippen LogP contribution in [0.4, 0.5) is 5.69 Å². The quantitative estimate of drug-likeness (QED) is 0.473. The maximum Gasteiger partial charge on any atom is 0.331 e. The maximum atomic E-state index is 13.1. The van der Waals surface area contributed by atoms with E-state index in [0.29, 0.717) is 23.8 Å². The molecule has 1 spiro atoms. The molecule has 2 aromatic carbocycles. The number of nitrogens with one attached hydrogen (secondary N) is 1. The van der Waals surface area contributed by atoms with Crippen LogP contribution >= 0.6 is 11.6 Å². The number of aliphatic hydroxyl groups is 1. The van der Waals surface area contributed by atoms with Crippen LogP contribution < -0.4 is 14.8 Å². The molecule has 2 aromatic rings. The number of ether oxygens (including phenoxy) is 3. The summed E-state index contributed by atoms with van der Waals surface area (Å²) in [5, 5.41) is 13.9. The third kappa shape index (κ3) is 4.70. The van der Waals surface area contributed by atoms with Crippen molar-refractivity contribution in [1.29, 1.82) is 0 Å². The lowest BCUT2D eigenvalue weighted by Gasteiger charge is -2.47. The molecule has 2 atom stereocenters. The van der Waals surface area contributed by atoms with Crippen LogP contribution in [0.15, 0.2) is 36.4 Å². The molecule has 1 saturated carbocycles. The highest BCUT2D eigenvalue weighted by molar-refractivity contribution is 6.30. The molecule has 7 heteroatoms. The van der Waals surface area contributed by atoms with Crippen LogP contribution in [-0.4, -0.2) is 44.6 Å². The second-order valence-electron chi connectivity index (χ2n) is 10.2. The molecule has 0 radical (unpaired) electrons. The van der Waals surface area contributed by atoms with E-state index >= 15 is 0 Å². The Balaban J connectivity index is 1.71. The average Bonchev–Trinajstić information content (AvgIpc) is 3.15. The van der Waals surface area contributed by atoms with Gasteiger partial charge in [0.2, 0.25) is 0 Å². The normalized spacial score (nSPS) is 26.2. The van der Waals surface area contributed by atoms with Crippen molar-refractivity contribution in [2.75, 3.05) is 33.3 Å². The van der Waals surface area contributed by atoms with Gasteiger partial charge in [-0.15, -0.1) is 0 Å². The molecule has 0 heterocycles. The number of carbonyl (C=O) groups excluding carboxylic acids is 1. The molecule has 0 unspecified atom stereocenters. The fraction of sp³-hybridized carbons (Fsp3) is 0.536. The molecular formula is C28H36ClNO5. The van der Waals surface area contributed by atoms with Crippen molar-refractivity contribution in [3.05, 3.63) is 52.5 Å². The lowest BCUT2D eigenvalue weighted by Crippen LogP contribution is -2.53. The number of esters is 1. The largest absolute Gasteiger partial charge is 0.493 e. The molecule has 1 fully saturated rings. The SMILES string of the molecule is COC(=O)C1(Nc2cccc(Cl)c2)CCC2(CC1)c1cc(OC)c(OC)cc1C[C@@H]2C[C@@H](C)CO. The van der Waals surface area contributed by atoms with E-state index in [1.165, 1.54) is 18.2 Å². The van der Waals surface area contributed by atoms with Crippen LogP contribution in [0.1, 0.15) is 50.2 Å². The highest BCUT2D eigenvalue weighted by atomic mass is 35.5. The third-order valence-electron chi connectivity index (χ3n) is 8.17. The average molecular weight is 502 g/mol. The highest BCUT2D eigenvalue weighted by Gasteiger charge is 2.54. The number of rotatable bonds is 8. The zero-order chi connectivity index (χ0) is 25.2. The summed E-state index contributed by atoms with van der Waals surface area (Å²) < 4.78 is 16.5. The summed E-state index contributed by atoms with van der Waals surface area (Å²) >= 11 is 6.21. The maximum absolute atomic E-state index is 13.1. The number of aliphatic hydroxyl groups excluding tert-OH is 1. The van der Waals surface area contributed by atoms with Crippen molar-refractivity contribution < 1.29 is 24.1 Å². The number of halogens is 1. The van der Waals surface area contributed by atoms with E-state index in [9.17, 15) is 9.90 Å². The Morgan fingerprint density at radius 2 is 1.80 bits per heavy atom. The molecule has 2 N–H and O–H groups in total. The van der Waals surface area contributed by atoms with Gasteiger partial charge in [-0.2, -0.15) is 0 Å². The molecule has 0 aromatic heterocycles. The van der Waals surface area contributed by atoms with Gasteiger partial charge in [-0.1, -0.05) is 24.6 Å². The van der Waals surface area contributed by atoms with E-state index in [1.54, 1.807) is 14.2 Å². The Hall–Kier alpha value is -2.44. The first-order chi connectivity index (χ1) is 16.8. The first-order valence-electron chi connectivity index (χ1n) is 12.3. The fourth-order valence-corrected chi connectivity index (χ4v) is 6.51. The summed E-state index contributed by atoms with van der Waals surface area (Å²) in [6.45, 7) is 2.26. The summed E-state index contributed by atoms with van der Waals surface area (Å²) in [6, 6.07) is 11.7. The summed E-state index contributed by atoms with van der Waals surface area (Å²) in [4.78, 5) is 13.1. The van der Waals surface area contributed by atoms with E-state index in [2.05, 4.69) is 24.4 Å². The van der Waals surface area contributed by atoms with Gasteiger partial charge in [0.15, 0.2) is 11.5 Å². The monoisotopic (exact) mass is 501 g/mol. The van der Waals surface area contributed by atoms with Crippen molar-refractivity contribution in [1.82, 2.24) is 0 Å². The first-order valence-corrected chi connectivity index (χ1v) is 12.7. The molecule has 0 aliphatic heterocycles. The predicted molar refractivity (Wildman–Crippen MR) is 138 cm³/mol. The molecule has 2 aliphatic rings. The standard InChI is InChI=1S/C28H36ClNO5/c1-18(17-31)12-20-13-19-14-24(33-2)25(34-3)16-23(19)27(20)8-10-28(11-9-27,26(32)35-4)30-22-7-5-6-21(29)15-22/h5-7,14-16,18,20,30-31H,8-13,17H2,1-4H3/t18-,20+,27?,28?/m1/s1. The molecular weight excluding hydrogens is 466 g/mol. The lowest BCUT2D eigenvalue weighted by atomic mass is 9.59.